The Balaban J connectivity index is 3.14. The standard InChI is InChI=1S/C24H46O4/c1-24(2,3)28-23(27)21-19-17-15-13-11-9-7-5-4-6-8-10-12-14-16-18-20-22(25)26/h4-21H2,1-3H3,(H,25,26)/p-1. The van der Waals surface area contributed by atoms with Crippen LogP contribution < -0.4 is 5.11 Å². The molecule has 0 heterocycles. The molecule has 0 atom stereocenters. The van der Waals surface area contributed by atoms with Gasteiger partial charge in [-0.15, -0.1) is 0 Å². The summed E-state index contributed by atoms with van der Waals surface area (Å²) >= 11 is 0. The number of unbranched alkanes of at least 4 members (excludes halogenated alkanes) is 15. The number of aliphatic carboxylic acids is 1. The summed E-state index contributed by atoms with van der Waals surface area (Å²) in [6.07, 6.45) is 20.2. The predicted octanol–water partition coefficient (Wildman–Crippen LogP) is 6.10. The van der Waals surface area contributed by atoms with Crippen LogP contribution in [-0.2, 0) is 14.3 Å². The van der Waals surface area contributed by atoms with Crippen LogP contribution in [0.25, 0.3) is 0 Å². The second kappa shape index (κ2) is 18.0. The highest BCUT2D eigenvalue weighted by molar-refractivity contribution is 5.69. The van der Waals surface area contributed by atoms with Crippen molar-refractivity contribution in [3.05, 3.63) is 0 Å². The molecule has 28 heavy (non-hydrogen) atoms. The van der Waals surface area contributed by atoms with Gasteiger partial charge in [-0.25, -0.2) is 0 Å². The molecular formula is C24H45O4-. The van der Waals surface area contributed by atoms with Crippen molar-refractivity contribution < 1.29 is 19.4 Å². The highest BCUT2D eigenvalue weighted by Crippen LogP contribution is 2.15. The normalized spacial score (nSPS) is 11.5. The van der Waals surface area contributed by atoms with Crippen molar-refractivity contribution >= 4 is 11.9 Å². The summed E-state index contributed by atoms with van der Waals surface area (Å²) in [5.74, 6) is -0.985. The molecule has 0 aromatic heterocycles. The first-order chi connectivity index (χ1) is 13.3. The van der Waals surface area contributed by atoms with E-state index in [4.69, 9.17) is 4.74 Å². The fraction of sp³-hybridized carbons (Fsp3) is 0.917. The lowest BCUT2D eigenvalue weighted by Gasteiger charge is -2.19. The van der Waals surface area contributed by atoms with Crippen molar-refractivity contribution in [3.63, 3.8) is 0 Å². The zero-order chi connectivity index (χ0) is 21.1. The van der Waals surface area contributed by atoms with Gasteiger partial charge in [-0.3, -0.25) is 4.79 Å². The van der Waals surface area contributed by atoms with E-state index >= 15 is 0 Å². The predicted molar refractivity (Wildman–Crippen MR) is 114 cm³/mol. The summed E-state index contributed by atoms with van der Waals surface area (Å²) < 4.78 is 5.31. The fourth-order valence-corrected chi connectivity index (χ4v) is 3.41. The van der Waals surface area contributed by atoms with Gasteiger partial charge in [0.25, 0.3) is 0 Å². The molecule has 166 valence electrons. The number of hydrogen-bond donors (Lipinski definition) is 0. The van der Waals surface area contributed by atoms with Gasteiger partial charge in [0.1, 0.15) is 5.60 Å². The van der Waals surface area contributed by atoms with E-state index in [2.05, 4.69) is 0 Å². The molecule has 0 spiro atoms. The quantitative estimate of drug-likeness (QED) is 0.195. The molecule has 0 aliphatic rings. The number of carboxylic acid groups (broad SMARTS) is 1. The van der Waals surface area contributed by atoms with Crippen LogP contribution in [0.3, 0.4) is 0 Å². The molecule has 0 saturated carbocycles. The lowest BCUT2D eigenvalue weighted by Crippen LogP contribution is -2.23. The number of rotatable bonds is 19. The van der Waals surface area contributed by atoms with Gasteiger partial charge in [0.2, 0.25) is 0 Å². The van der Waals surface area contributed by atoms with Crippen LogP contribution in [0.1, 0.15) is 136 Å². The average Bonchev–Trinajstić information content (AvgIpc) is 2.59. The number of carbonyl (C=O) groups is 2. The summed E-state index contributed by atoms with van der Waals surface area (Å²) in [4.78, 5) is 21.9. The van der Waals surface area contributed by atoms with Crippen molar-refractivity contribution in [2.24, 2.45) is 0 Å². The summed E-state index contributed by atoms with van der Waals surface area (Å²) in [6.45, 7) is 5.74. The van der Waals surface area contributed by atoms with Crippen molar-refractivity contribution in [2.75, 3.05) is 0 Å². The molecular weight excluding hydrogens is 352 g/mol. The van der Waals surface area contributed by atoms with E-state index < -0.39 is 5.97 Å². The lowest BCUT2D eigenvalue weighted by molar-refractivity contribution is -0.305. The Morgan fingerprint density at radius 2 is 0.857 bits per heavy atom. The molecule has 0 aromatic carbocycles. The molecule has 0 fully saturated rings. The smallest absolute Gasteiger partial charge is 0.306 e. The minimum Gasteiger partial charge on any atom is -0.550 e. The molecule has 0 unspecified atom stereocenters. The first kappa shape index (κ1) is 26.9. The average molecular weight is 398 g/mol. The lowest BCUT2D eigenvalue weighted by atomic mass is 10.0. The van der Waals surface area contributed by atoms with E-state index in [1.807, 2.05) is 20.8 Å². The van der Waals surface area contributed by atoms with Gasteiger partial charge in [-0.05, 0) is 40.0 Å². The van der Waals surface area contributed by atoms with Crippen LogP contribution in [0, 0.1) is 0 Å². The fourth-order valence-electron chi connectivity index (χ4n) is 3.41. The number of ether oxygens (including phenoxy) is 1. The molecule has 0 aromatic rings. The van der Waals surface area contributed by atoms with Gasteiger partial charge in [0.05, 0.1) is 0 Å². The van der Waals surface area contributed by atoms with E-state index in [9.17, 15) is 14.7 Å². The summed E-state index contributed by atoms with van der Waals surface area (Å²) in [5.41, 5.74) is -0.363. The first-order valence-electron chi connectivity index (χ1n) is 11.7. The number of carboxylic acids is 1. The Morgan fingerprint density at radius 1 is 0.571 bits per heavy atom. The molecule has 4 heteroatoms. The Kier molecular flexibility index (Phi) is 17.3. The number of hydrogen-bond acceptors (Lipinski definition) is 4. The number of carbonyl (C=O) groups excluding carboxylic acids is 2. The largest absolute Gasteiger partial charge is 0.550 e. The van der Waals surface area contributed by atoms with Gasteiger partial charge < -0.3 is 14.6 Å². The maximum absolute atomic E-state index is 11.6. The van der Waals surface area contributed by atoms with Gasteiger partial charge >= 0.3 is 5.97 Å². The summed E-state index contributed by atoms with van der Waals surface area (Å²) in [5, 5.41) is 10.3. The maximum Gasteiger partial charge on any atom is 0.306 e. The first-order valence-corrected chi connectivity index (χ1v) is 11.7. The third kappa shape index (κ3) is 23.0. The highest BCUT2D eigenvalue weighted by atomic mass is 16.6. The topological polar surface area (TPSA) is 66.4 Å². The van der Waals surface area contributed by atoms with Crippen molar-refractivity contribution in [1.82, 2.24) is 0 Å². The molecule has 4 nitrogen and oxygen atoms in total. The van der Waals surface area contributed by atoms with Gasteiger partial charge in [0.15, 0.2) is 0 Å². The van der Waals surface area contributed by atoms with E-state index in [0.717, 1.165) is 32.1 Å². The van der Waals surface area contributed by atoms with E-state index in [0.29, 0.717) is 6.42 Å². The van der Waals surface area contributed by atoms with E-state index in [1.165, 1.54) is 70.6 Å². The summed E-state index contributed by atoms with van der Waals surface area (Å²) in [7, 11) is 0. The van der Waals surface area contributed by atoms with Crippen LogP contribution in [0.4, 0.5) is 0 Å². The summed E-state index contributed by atoms with van der Waals surface area (Å²) in [6, 6.07) is 0. The van der Waals surface area contributed by atoms with E-state index in [1.54, 1.807) is 0 Å². The van der Waals surface area contributed by atoms with Crippen LogP contribution in [0.5, 0.6) is 0 Å². The van der Waals surface area contributed by atoms with Crippen molar-refractivity contribution in [3.8, 4) is 0 Å². The third-order valence-corrected chi connectivity index (χ3v) is 4.93. The second-order valence-electron chi connectivity index (χ2n) is 9.12. The maximum atomic E-state index is 11.6. The Morgan fingerprint density at radius 3 is 1.14 bits per heavy atom. The van der Waals surface area contributed by atoms with Crippen LogP contribution in [0.2, 0.25) is 0 Å². The Bertz CT molecular complexity index is 385. The zero-order valence-corrected chi connectivity index (χ0v) is 18.9. The Labute approximate surface area is 173 Å². The monoisotopic (exact) mass is 397 g/mol. The van der Waals surface area contributed by atoms with E-state index in [-0.39, 0.29) is 18.0 Å². The molecule has 0 rings (SSSR count). The molecule has 0 amide bonds. The molecule has 0 radical (unpaired) electrons. The van der Waals surface area contributed by atoms with Gasteiger partial charge in [-0.1, -0.05) is 89.9 Å². The molecule has 0 aliphatic carbocycles. The van der Waals surface area contributed by atoms with Crippen LogP contribution >= 0.6 is 0 Å². The third-order valence-electron chi connectivity index (χ3n) is 4.93. The molecule has 0 saturated heterocycles. The highest BCUT2D eigenvalue weighted by Gasteiger charge is 2.15. The number of esters is 1. The second-order valence-corrected chi connectivity index (χ2v) is 9.12. The molecule has 0 aliphatic heterocycles. The minimum atomic E-state index is -0.918. The van der Waals surface area contributed by atoms with Gasteiger partial charge in [-0.2, -0.15) is 0 Å². The SMILES string of the molecule is CC(C)(C)OC(=O)CCCCCCCCCCCCCCCCCCC(=O)[O-]. The molecule has 0 N–H and O–H groups in total. The zero-order valence-electron chi connectivity index (χ0n) is 18.9. The minimum absolute atomic E-state index is 0.0664. The van der Waals surface area contributed by atoms with Crippen molar-refractivity contribution in [2.45, 2.75) is 142 Å². The van der Waals surface area contributed by atoms with Crippen LogP contribution in [-0.4, -0.2) is 17.5 Å². The van der Waals surface area contributed by atoms with Gasteiger partial charge in [0, 0.05) is 12.4 Å². The molecule has 0 bridgehead atoms. The van der Waals surface area contributed by atoms with Crippen molar-refractivity contribution in [1.29, 1.82) is 0 Å². The van der Waals surface area contributed by atoms with Crippen LogP contribution in [0.15, 0.2) is 0 Å². The Hall–Kier alpha value is -1.06.